The number of unbranched alkanes of at least 4 members (excludes halogenated alkanes) is 2. The van der Waals surface area contributed by atoms with Crippen molar-refractivity contribution < 1.29 is 14.6 Å². The third-order valence-corrected chi connectivity index (χ3v) is 3.94. The van der Waals surface area contributed by atoms with Crippen LogP contribution in [0.5, 0.6) is 5.75 Å². The summed E-state index contributed by atoms with van der Waals surface area (Å²) in [7, 11) is 1.35. The molecule has 0 saturated heterocycles. The van der Waals surface area contributed by atoms with Crippen LogP contribution in [0.2, 0.25) is 0 Å². The van der Waals surface area contributed by atoms with Crippen LogP contribution in [0.4, 0.5) is 0 Å². The molecule has 3 N–H and O–H groups in total. The molecular formula is C14H21NO3S. The number of phenols is 1. The minimum atomic E-state index is -0.504. The Balaban J connectivity index is 2.09. The molecule has 0 heterocycles. The first-order valence-electron chi connectivity index (χ1n) is 6.39. The predicted octanol–water partition coefficient (Wildman–Crippen LogP) is 2.55. The van der Waals surface area contributed by atoms with Crippen LogP contribution in [-0.4, -0.2) is 30.0 Å². The van der Waals surface area contributed by atoms with Gasteiger partial charge in [-0.1, -0.05) is 25.0 Å². The second kappa shape index (κ2) is 8.82. The van der Waals surface area contributed by atoms with Crippen molar-refractivity contribution >= 4 is 17.7 Å². The van der Waals surface area contributed by atoms with Gasteiger partial charge in [-0.2, -0.15) is 0 Å². The van der Waals surface area contributed by atoms with Crippen LogP contribution in [0.1, 0.15) is 25.7 Å². The molecule has 0 aromatic heterocycles. The lowest BCUT2D eigenvalue weighted by Gasteiger charge is -2.08. The Morgan fingerprint density at radius 3 is 2.79 bits per heavy atom. The highest BCUT2D eigenvalue weighted by molar-refractivity contribution is 7.99. The lowest BCUT2D eigenvalue weighted by molar-refractivity contribution is -0.142. The quantitative estimate of drug-likeness (QED) is 0.436. The Hall–Kier alpha value is -1.20. The number of ether oxygens (including phenoxy) is 1. The van der Waals surface area contributed by atoms with E-state index < -0.39 is 6.04 Å². The fourth-order valence-corrected chi connectivity index (χ4v) is 2.63. The van der Waals surface area contributed by atoms with E-state index in [4.69, 9.17) is 5.73 Å². The molecule has 0 amide bonds. The smallest absolute Gasteiger partial charge is 0.322 e. The number of benzene rings is 1. The number of methoxy groups -OCH3 is 1. The third kappa shape index (κ3) is 5.98. The molecule has 0 bridgehead atoms. The first-order chi connectivity index (χ1) is 9.15. The lowest BCUT2D eigenvalue weighted by Crippen LogP contribution is -2.31. The number of nitrogens with two attached hydrogens (primary N) is 1. The van der Waals surface area contributed by atoms with Crippen LogP contribution >= 0.6 is 11.8 Å². The standard InChI is InChI=1S/C14H21NO3S/c1-18-14(17)11(15)7-3-2-6-10-19-13-9-5-4-8-12(13)16/h4-5,8-9,11,16H,2-3,6-7,10,15H2,1H3/t11-/m1/s1. The van der Waals surface area contributed by atoms with Crippen molar-refractivity contribution in [3.8, 4) is 5.75 Å². The van der Waals surface area contributed by atoms with E-state index in [0.29, 0.717) is 12.2 Å². The Morgan fingerprint density at radius 1 is 1.37 bits per heavy atom. The monoisotopic (exact) mass is 283 g/mol. The van der Waals surface area contributed by atoms with Crippen LogP contribution in [0.15, 0.2) is 29.2 Å². The zero-order valence-corrected chi connectivity index (χ0v) is 12.0. The van der Waals surface area contributed by atoms with Crippen molar-refractivity contribution in [1.29, 1.82) is 0 Å². The van der Waals surface area contributed by atoms with Gasteiger partial charge in [0.05, 0.1) is 7.11 Å². The van der Waals surface area contributed by atoms with Gasteiger partial charge in [0.2, 0.25) is 0 Å². The summed E-state index contributed by atoms with van der Waals surface area (Å²) >= 11 is 1.64. The first-order valence-corrected chi connectivity index (χ1v) is 7.38. The number of hydrogen-bond acceptors (Lipinski definition) is 5. The highest BCUT2D eigenvalue weighted by Gasteiger charge is 2.12. The van der Waals surface area contributed by atoms with Crippen LogP contribution in [-0.2, 0) is 9.53 Å². The fraction of sp³-hybridized carbons (Fsp3) is 0.500. The van der Waals surface area contributed by atoms with Crippen LogP contribution < -0.4 is 5.73 Å². The van der Waals surface area contributed by atoms with Gasteiger partial charge in [-0.3, -0.25) is 4.79 Å². The van der Waals surface area contributed by atoms with E-state index in [1.807, 2.05) is 18.2 Å². The van der Waals surface area contributed by atoms with Gasteiger partial charge in [0.15, 0.2) is 0 Å². The number of carbonyl (C=O) groups excluding carboxylic acids is 1. The number of thioether (sulfide) groups is 1. The molecule has 1 aromatic rings. The zero-order valence-electron chi connectivity index (χ0n) is 11.2. The van der Waals surface area contributed by atoms with E-state index in [9.17, 15) is 9.90 Å². The summed E-state index contributed by atoms with van der Waals surface area (Å²) in [6, 6.07) is 6.83. The van der Waals surface area contributed by atoms with E-state index >= 15 is 0 Å². The molecule has 106 valence electrons. The summed E-state index contributed by atoms with van der Waals surface area (Å²) < 4.78 is 4.57. The number of hydrogen-bond donors (Lipinski definition) is 2. The van der Waals surface area contributed by atoms with Crippen LogP contribution in [0.25, 0.3) is 0 Å². The molecule has 0 spiro atoms. The highest BCUT2D eigenvalue weighted by Crippen LogP contribution is 2.28. The van der Waals surface area contributed by atoms with Gasteiger partial charge in [-0.25, -0.2) is 0 Å². The number of aromatic hydroxyl groups is 1. The summed E-state index contributed by atoms with van der Waals surface area (Å²) in [6.07, 6.45) is 3.63. The van der Waals surface area contributed by atoms with E-state index in [1.54, 1.807) is 17.8 Å². The largest absolute Gasteiger partial charge is 0.507 e. The maximum atomic E-state index is 11.1. The molecule has 0 saturated carbocycles. The van der Waals surface area contributed by atoms with Crippen LogP contribution in [0, 0.1) is 0 Å². The van der Waals surface area contributed by atoms with E-state index in [-0.39, 0.29) is 5.97 Å². The zero-order chi connectivity index (χ0) is 14.1. The van der Waals surface area contributed by atoms with E-state index in [0.717, 1.165) is 29.9 Å². The molecule has 4 nitrogen and oxygen atoms in total. The Bertz CT molecular complexity index is 398. The predicted molar refractivity (Wildman–Crippen MR) is 77.3 cm³/mol. The van der Waals surface area contributed by atoms with Crippen molar-refractivity contribution in [1.82, 2.24) is 0 Å². The van der Waals surface area contributed by atoms with E-state index in [2.05, 4.69) is 4.74 Å². The Morgan fingerprint density at radius 2 is 2.11 bits per heavy atom. The molecule has 19 heavy (non-hydrogen) atoms. The van der Waals surface area contributed by atoms with Gasteiger partial charge in [0.25, 0.3) is 0 Å². The SMILES string of the molecule is COC(=O)[C@H](N)CCCCCSc1ccccc1O. The fourth-order valence-electron chi connectivity index (χ4n) is 1.67. The molecule has 1 aromatic carbocycles. The van der Waals surface area contributed by atoms with Gasteiger partial charge >= 0.3 is 5.97 Å². The topological polar surface area (TPSA) is 72.5 Å². The van der Waals surface area contributed by atoms with Gasteiger partial charge < -0.3 is 15.6 Å². The highest BCUT2D eigenvalue weighted by atomic mass is 32.2. The van der Waals surface area contributed by atoms with Gasteiger partial charge in [0, 0.05) is 4.90 Å². The molecule has 1 atom stereocenters. The van der Waals surface area contributed by atoms with Gasteiger partial charge in [-0.05, 0) is 30.7 Å². The number of rotatable bonds is 8. The number of phenolic OH excluding ortho intramolecular Hbond substituents is 1. The van der Waals surface area contributed by atoms with Crippen molar-refractivity contribution in [2.75, 3.05) is 12.9 Å². The minimum Gasteiger partial charge on any atom is -0.507 e. The normalized spacial score (nSPS) is 12.1. The van der Waals surface area contributed by atoms with Crippen molar-refractivity contribution in [2.45, 2.75) is 36.6 Å². The summed E-state index contributed by atoms with van der Waals surface area (Å²) in [4.78, 5) is 12.0. The first kappa shape index (κ1) is 15.9. The average Bonchev–Trinajstić information content (AvgIpc) is 2.43. The Kier molecular flexibility index (Phi) is 7.36. The third-order valence-electron chi connectivity index (χ3n) is 2.79. The molecule has 5 heteroatoms. The average molecular weight is 283 g/mol. The second-order valence-electron chi connectivity index (χ2n) is 4.30. The summed E-state index contributed by atoms with van der Waals surface area (Å²) in [5.74, 6) is 0.939. The number of para-hydroxylation sites is 1. The molecule has 1 rings (SSSR count). The number of carbonyl (C=O) groups is 1. The van der Waals surface area contributed by atoms with Crippen molar-refractivity contribution in [2.24, 2.45) is 5.73 Å². The molecule has 0 unspecified atom stereocenters. The minimum absolute atomic E-state index is 0.334. The van der Waals surface area contributed by atoms with Gasteiger partial charge in [0.1, 0.15) is 11.8 Å². The Labute approximate surface area is 118 Å². The molecule has 0 aliphatic heterocycles. The summed E-state index contributed by atoms with van der Waals surface area (Å²) in [5.41, 5.74) is 5.64. The molecule has 0 aliphatic carbocycles. The molecule has 0 radical (unpaired) electrons. The second-order valence-corrected chi connectivity index (χ2v) is 5.43. The molecular weight excluding hydrogens is 262 g/mol. The maximum absolute atomic E-state index is 11.1. The van der Waals surface area contributed by atoms with Crippen molar-refractivity contribution in [3.05, 3.63) is 24.3 Å². The summed E-state index contributed by atoms with van der Waals surface area (Å²) in [5, 5.41) is 9.59. The van der Waals surface area contributed by atoms with Gasteiger partial charge in [-0.15, -0.1) is 11.8 Å². The number of esters is 1. The van der Waals surface area contributed by atoms with E-state index in [1.165, 1.54) is 7.11 Å². The molecule has 0 aliphatic rings. The maximum Gasteiger partial charge on any atom is 0.322 e. The molecule has 0 fully saturated rings. The van der Waals surface area contributed by atoms with Crippen LogP contribution in [0.3, 0.4) is 0 Å². The van der Waals surface area contributed by atoms with Crippen molar-refractivity contribution in [3.63, 3.8) is 0 Å². The summed E-state index contributed by atoms with van der Waals surface area (Å²) in [6.45, 7) is 0. The lowest BCUT2D eigenvalue weighted by atomic mass is 10.1.